The summed E-state index contributed by atoms with van der Waals surface area (Å²) in [5.41, 5.74) is 2.87. The number of carbonyl (C=O) groups is 1. The minimum atomic E-state index is -0.187. The molecular weight excluding hydrogens is 218 g/mol. The van der Waals surface area contributed by atoms with Crippen molar-refractivity contribution in [3.05, 3.63) is 0 Å². The largest absolute Gasteiger partial charge is 0.379 e. The summed E-state index contributed by atoms with van der Waals surface area (Å²) in [5.74, 6) is 0.186. The van der Waals surface area contributed by atoms with Gasteiger partial charge < -0.3 is 10.1 Å². The standard InChI is InChI=1S/C12H23N3O2/c1-2-3-12(4-5-13-10-12)11(16)14-15-6-8-17-9-7-15/h13H,2-10H2,1H3,(H,14,16). The van der Waals surface area contributed by atoms with Gasteiger partial charge in [0.25, 0.3) is 0 Å². The number of morpholine rings is 1. The number of nitrogens with zero attached hydrogens (tertiary/aromatic N) is 1. The minimum Gasteiger partial charge on any atom is -0.379 e. The molecule has 1 amide bonds. The third-order valence-corrected chi connectivity index (χ3v) is 3.72. The summed E-state index contributed by atoms with van der Waals surface area (Å²) < 4.78 is 5.27. The summed E-state index contributed by atoms with van der Waals surface area (Å²) in [6, 6.07) is 0. The molecule has 0 radical (unpaired) electrons. The molecule has 1 unspecified atom stereocenters. The topological polar surface area (TPSA) is 53.6 Å². The average Bonchev–Trinajstić information content (AvgIpc) is 2.81. The predicted octanol–water partition coefficient (Wildman–Crippen LogP) is 0.130. The minimum absolute atomic E-state index is 0.186. The second-order valence-corrected chi connectivity index (χ2v) is 5.00. The van der Waals surface area contributed by atoms with Gasteiger partial charge in [0.05, 0.1) is 18.6 Å². The molecule has 0 aromatic heterocycles. The van der Waals surface area contributed by atoms with Gasteiger partial charge in [-0.15, -0.1) is 0 Å². The van der Waals surface area contributed by atoms with Crippen molar-refractivity contribution < 1.29 is 9.53 Å². The maximum Gasteiger partial charge on any atom is 0.241 e. The van der Waals surface area contributed by atoms with E-state index in [1.165, 1.54) is 0 Å². The molecule has 5 heteroatoms. The Labute approximate surface area is 103 Å². The summed E-state index contributed by atoms with van der Waals surface area (Å²) >= 11 is 0. The molecule has 17 heavy (non-hydrogen) atoms. The Balaban J connectivity index is 1.91. The Bertz CT molecular complexity index is 258. The molecule has 2 aliphatic rings. The summed E-state index contributed by atoms with van der Waals surface area (Å²) in [6.45, 7) is 6.91. The van der Waals surface area contributed by atoms with Crippen molar-refractivity contribution in [1.82, 2.24) is 15.8 Å². The molecule has 2 N–H and O–H groups in total. The number of hydrogen-bond donors (Lipinski definition) is 2. The number of ether oxygens (including phenoxy) is 1. The van der Waals surface area contributed by atoms with Gasteiger partial charge in [0.15, 0.2) is 0 Å². The Morgan fingerprint density at radius 3 is 2.82 bits per heavy atom. The maximum absolute atomic E-state index is 12.4. The maximum atomic E-state index is 12.4. The first-order valence-corrected chi connectivity index (χ1v) is 6.61. The van der Waals surface area contributed by atoms with Crippen molar-refractivity contribution >= 4 is 5.91 Å². The van der Waals surface area contributed by atoms with Gasteiger partial charge in [0.2, 0.25) is 5.91 Å². The average molecular weight is 241 g/mol. The molecule has 0 aliphatic carbocycles. The lowest BCUT2D eigenvalue weighted by Crippen LogP contribution is -2.53. The first-order valence-electron chi connectivity index (χ1n) is 6.61. The van der Waals surface area contributed by atoms with Gasteiger partial charge in [-0.3, -0.25) is 10.2 Å². The van der Waals surface area contributed by atoms with Gasteiger partial charge in [-0.25, -0.2) is 5.01 Å². The molecule has 2 aliphatic heterocycles. The van der Waals surface area contributed by atoms with Crippen molar-refractivity contribution in [3.8, 4) is 0 Å². The fourth-order valence-electron chi connectivity index (χ4n) is 2.68. The zero-order valence-electron chi connectivity index (χ0n) is 10.6. The molecule has 0 saturated carbocycles. The van der Waals surface area contributed by atoms with Crippen LogP contribution in [0.1, 0.15) is 26.2 Å². The van der Waals surface area contributed by atoms with E-state index in [9.17, 15) is 4.79 Å². The van der Waals surface area contributed by atoms with Crippen molar-refractivity contribution in [2.75, 3.05) is 39.4 Å². The second-order valence-electron chi connectivity index (χ2n) is 5.00. The highest BCUT2D eigenvalue weighted by Gasteiger charge is 2.40. The summed E-state index contributed by atoms with van der Waals surface area (Å²) in [4.78, 5) is 12.4. The number of amides is 1. The number of rotatable bonds is 4. The highest BCUT2D eigenvalue weighted by atomic mass is 16.5. The van der Waals surface area contributed by atoms with Crippen molar-refractivity contribution in [3.63, 3.8) is 0 Å². The van der Waals surface area contributed by atoms with E-state index in [-0.39, 0.29) is 11.3 Å². The lowest BCUT2D eigenvalue weighted by atomic mass is 9.82. The van der Waals surface area contributed by atoms with Crippen LogP contribution in [0, 0.1) is 5.41 Å². The highest BCUT2D eigenvalue weighted by molar-refractivity contribution is 5.82. The molecule has 0 aromatic carbocycles. The molecule has 0 aromatic rings. The fraction of sp³-hybridized carbons (Fsp3) is 0.917. The summed E-state index contributed by atoms with van der Waals surface area (Å²) in [7, 11) is 0. The van der Waals surface area contributed by atoms with E-state index < -0.39 is 0 Å². The normalized spacial score (nSPS) is 30.4. The monoisotopic (exact) mass is 241 g/mol. The van der Waals surface area contributed by atoms with Crippen LogP contribution in [-0.4, -0.2) is 50.3 Å². The molecule has 5 nitrogen and oxygen atoms in total. The Morgan fingerprint density at radius 2 is 2.24 bits per heavy atom. The number of hydrogen-bond acceptors (Lipinski definition) is 4. The molecule has 98 valence electrons. The van der Waals surface area contributed by atoms with Gasteiger partial charge in [0.1, 0.15) is 0 Å². The lowest BCUT2D eigenvalue weighted by Gasteiger charge is -2.33. The third kappa shape index (κ3) is 2.97. The van der Waals surface area contributed by atoms with Gasteiger partial charge >= 0.3 is 0 Å². The van der Waals surface area contributed by atoms with Crippen molar-refractivity contribution in [1.29, 1.82) is 0 Å². The molecule has 0 spiro atoms. The molecule has 2 heterocycles. The van der Waals surface area contributed by atoms with Crippen LogP contribution in [0.4, 0.5) is 0 Å². The van der Waals surface area contributed by atoms with E-state index in [0.717, 1.165) is 45.4 Å². The first kappa shape index (κ1) is 12.8. The van der Waals surface area contributed by atoms with E-state index in [0.29, 0.717) is 13.2 Å². The van der Waals surface area contributed by atoms with Crippen molar-refractivity contribution in [2.45, 2.75) is 26.2 Å². The van der Waals surface area contributed by atoms with Gasteiger partial charge in [0, 0.05) is 19.6 Å². The fourth-order valence-corrected chi connectivity index (χ4v) is 2.68. The quantitative estimate of drug-likeness (QED) is 0.734. The van der Waals surface area contributed by atoms with Gasteiger partial charge in [-0.05, 0) is 19.4 Å². The van der Waals surface area contributed by atoms with Crippen LogP contribution in [-0.2, 0) is 9.53 Å². The molecule has 2 rings (SSSR count). The zero-order chi connectivity index (χ0) is 12.1. The van der Waals surface area contributed by atoms with Gasteiger partial charge in [-0.1, -0.05) is 13.3 Å². The van der Waals surface area contributed by atoms with Crippen LogP contribution in [0.25, 0.3) is 0 Å². The zero-order valence-corrected chi connectivity index (χ0v) is 10.6. The van der Waals surface area contributed by atoms with E-state index in [2.05, 4.69) is 17.7 Å². The molecule has 2 saturated heterocycles. The second kappa shape index (κ2) is 5.80. The van der Waals surface area contributed by atoms with E-state index in [1.807, 2.05) is 5.01 Å². The SMILES string of the molecule is CCCC1(C(=O)NN2CCOCC2)CCNC1. The molecule has 1 atom stereocenters. The van der Waals surface area contributed by atoms with Crippen LogP contribution in [0.3, 0.4) is 0 Å². The van der Waals surface area contributed by atoms with Crippen molar-refractivity contribution in [2.24, 2.45) is 5.41 Å². The number of hydrazine groups is 1. The van der Waals surface area contributed by atoms with E-state index >= 15 is 0 Å². The molecule has 0 bridgehead atoms. The predicted molar refractivity (Wildman–Crippen MR) is 65.4 cm³/mol. The molecular formula is C12H23N3O2. The van der Waals surface area contributed by atoms with E-state index in [4.69, 9.17) is 4.74 Å². The van der Waals surface area contributed by atoms with Crippen LogP contribution in [0.15, 0.2) is 0 Å². The Morgan fingerprint density at radius 1 is 1.47 bits per heavy atom. The van der Waals surface area contributed by atoms with E-state index in [1.54, 1.807) is 0 Å². The van der Waals surface area contributed by atoms with Crippen LogP contribution >= 0.6 is 0 Å². The lowest BCUT2D eigenvalue weighted by molar-refractivity contribution is -0.137. The van der Waals surface area contributed by atoms with Crippen LogP contribution in [0.5, 0.6) is 0 Å². The summed E-state index contributed by atoms with van der Waals surface area (Å²) in [6.07, 6.45) is 2.98. The smallest absolute Gasteiger partial charge is 0.241 e. The van der Waals surface area contributed by atoms with Gasteiger partial charge in [-0.2, -0.15) is 0 Å². The number of nitrogens with one attached hydrogen (secondary N) is 2. The highest BCUT2D eigenvalue weighted by Crippen LogP contribution is 2.31. The van der Waals surface area contributed by atoms with Crippen LogP contribution in [0.2, 0.25) is 0 Å². The summed E-state index contributed by atoms with van der Waals surface area (Å²) in [5, 5.41) is 5.30. The number of carbonyl (C=O) groups excluding carboxylic acids is 1. The first-order chi connectivity index (χ1) is 8.27. The Kier molecular flexibility index (Phi) is 4.36. The Hall–Kier alpha value is -0.650. The molecule has 2 fully saturated rings. The van der Waals surface area contributed by atoms with Crippen LogP contribution < -0.4 is 10.7 Å². The third-order valence-electron chi connectivity index (χ3n) is 3.72.